The lowest BCUT2D eigenvalue weighted by molar-refractivity contribution is -0.141. The molecule has 0 heterocycles. The molecule has 1 N–H and O–H groups in total. The monoisotopic (exact) mass is 296 g/mol. The third-order valence-corrected chi connectivity index (χ3v) is 3.51. The van der Waals surface area contributed by atoms with Gasteiger partial charge in [-0.25, -0.2) is 0 Å². The summed E-state index contributed by atoms with van der Waals surface area (Å²) in [6.45, 7) is 3.65. The Morgan fingerprint density at radius 1 is 1.47 bits per heavy atom. The zero-order valence-electron chi connectivity index (χ0n) is 9.73. The van der Waals surface area contributed by atoms with E-state index in [9.17, 15) is 9.90 Å². The van der Waals surface area contributed by atoms with Crippen molar-refractivity contribution >= 4 is 21.9 Å². The highest BCUT2D eigenvalue weighted by atomic mass is 79.9. The van der Waals surface area contributed by atoms with Crippen LogP contribution in [0.2, 0.25) is 0 Å². The van der Waals surface area contributed by atoms with Crippen molar-refractivity contribution in [3.8, 4) is 0 Å². The van der Waals surface area contributed by atoms with Crippen molar-refractivity contribution in [1.82, 2.24) is 0 Å². The number of benzene rings is 1. The molecule has 1 aromatic carbocycles. The van der Waals surface area contributed by atoms with Crippen LogP contribution in [0.5, 0.6) is 0 Å². The number of aliphatic carboxylic acids is 1. The Kier molecular flexibility index (Phi) is 5.98. The minimum atomic E-state index is -0.718. The van der Waals surface area contributed by atoms with Gasteiger partial charge in [0.15, 0.2) is 0 Å². The zero-order chi connectivity index (χ0) is 12.7. The molecule has 1 aromatic rings. The van der Waals surface area contributed by atoms with E-state index in [0.29, 0.717) is 12.8 Å². The number of carboxylic acid groups (broad SMARTS) is 1. The van der Waals surface area contributed by atoms with Crippen LogP contribution in [0.25, 0.3) is 0 Å². The van der Waals surface area contributed by atoms with Gasteiger partial charge in [-0.3, -0.25) is 4.79 Å². The molecule has 0 aromatic heterocycles. The Morgan fingerprint density at radius 2 is 2.18 bits per heavy atom. The van der Waals surface area contributed by atoms with Gasteiger partial charge in [-0.2, -0.15) is 0 Å². The Morgan fingerprint density at radius 3 is 2.76 bits per heavy atom. The SMILES string of the molecule is C=CCCCC(Cc1ccccc1Br)C(=O)O. The minimum absolute atomic E-state index is 0.311. The van der Waals surface area contributed by atoms with Crippen molar-refractivity contribution in [3.05, 3.63) is 47.0 Å². The Bertz CT molecular complexity index is 388. The summed E-state index contributed by atoms with van der Waals surface area (Å²) in [4.78, 5) is 11.2. The van der Waals surface area contributed by atoms with Crippen molar-refractivity contribution in [2.24, 2.45) is 5.92 Å². The Balaban J connectivity index is 2.63. The summed E-state index contributed by atoms with van der Waals surface area (Å²) < 4.78 is 0.981. The molecule has 0 aliphatic heterocycles. The number of carboxylic acids is 1. The third kappa shape index (κ3) is 4.73. The van der Waals surface area contributed by atoms with Gasteiger partial charge in [-0.05, 0) is 37.3 Å². The number of carbonyl (C=O) groups is 1. The van der Waals surface area contributed by atoms with Crippen LogP contribution in [0.1, 0.15) is 24.8 Å². The van der Waals surface area contributed by atoms with Crippen LogP contribution in [0.3, 0.4) is 0 Å². The summed E-state index contributed by atoms with van der Waals surface area (Å²) in [6.07, 6.45) is 4.86. The van der Waals surface area contributed by atoms with E-state index in [2.05, 4.69) is 22.5 Å². The molecule has 2 nitrogen and oxygen atoms in total. The number of rotatable bonds is 7. The molecule has 1 atom stereocenters. The molecular formula is C14H17BrO2. The molecule has 0 amide bonds. The van der Waals surface area contributed by atoms with Gasteiger partial charge in [0.1, 0.15) is 0 Å². The predicted octanol–water partition coefficient (Wildman–Crippen LogP) is 4.05. The average Bonchev–Trinajstić information content (AvgIpc) is 2.30. The minimum Gasteiger partial charge on any atom is -0.481 e. The molecular weight excluding hydrogens is 280 g/mol. The van der Waals surface area contributed by atoms with Gasteiger partial charge >= 0.3 is 5.97 Å². The lowest BCUT2D eigenvalue weighted by Gasteiger charge is -2.12. The molecule has 1 unspecified atom stereocenters. The van der Waals surface area contributed by atoms with Crippen LogP contribution in [-0.4, -0.2) is 11.1 Å². The average molecular weight is 297 g/mol. The number of hydrogen-bond acceptors (Lipinski definition) is 1. The summed E-state index contributed by atoms with van der Waals surface area (Å²) in [5.74, 6) is -1.03. The Labute approximate surface area is 110 Å². The second kappa shape index (κ2) is 7.28. The molecule has 0 saturated heterocycles. The van der Waals surface area contributed by atoms with Crippen molar-refractivity contribution in [2.45, 2.75) is 25.7 Å². The van der Waals surface area contributed by atoms with Crippen molar-refractivity contribution in [2.75, 3.05) is 0 Å². The summed E-state index contributed by atoms with van der Waals surface area (Å²) in [7, 11) is 0. The molecule has 3 heteroatoms. The van der Waals surface area contributed by atoms with E-state index in [1.165, 1.54) is 0 Å². The van der Waals surface area contributed by atoms with Crippen LogP contribution in [0.4, 0.5) is 0 Å². The van der Waals surface area contributed by atoms with Gasteiger partial charge in [0.05, 0.1) is 5.92 Å². The van der Waals surface area contributed by atoms with E-state index in [1.54, 1.807) is 0 Å². The highest BCUT2D eigenvalue weighted by Gasteiger charge is 2.18. The van der Waals surface area contributed by atoms with E-state index in [-0.39, 0.29) is 5.92 Å². The van der Waals surface area contributed by atoms with Crippen LogP contribution >= 0.6 is 15.9 Å². The molecule has 0 aliphatic carbocycles. The highest BCUT2D eigenvalue weighted by Crippen LogP contribution is 2.22. The Hall–Kier alpha value is -1.09. The zero-order valence-corrected chi connectivity index (χ0v) is 11.3. The molecule has 0 saturated carbocycles. The van der Waals surface area contributed by atoms with E-state index in [4.69, 9.17) is 0 Å². The molecule has 1 rings (SSSR count). The summed E-state index contributed by atoms with van der Waals surface area (Å²) in [6, 6.07) is 7.77. The summed E-state index contributed by atoms with van der Waals surface area (Å²) in [5.41, 5.74) is 1.05. The second-order valence-corrected chi connectivity index (χ2v) is 4.90. The molecule has 0 bridgehead atoms. The van der Waals surface area contributed by atoms with E-state index >= 15 is 0 Å². The molecule has 17 heavy (non-hydrogen) atoms. The molecule has 0 aliphatic rings. The molecule has 0 radical (unpaired) electrons. The molecule has 0 fully saturated rings. The summed E-state index contributed by atoms with van der Waals surface area (Å²) in [5, 5.41) is 9.18. The van der Waals surface area contributed by atoms with E-state index < -0.39 is 5.97 Å². The molecule has 92 valence electrons. The number of unbranched alkanes of at least 4 members (excludes halogenated alkanes) is 1. The van der Waals surface area contributed by atoms with Gasteiger partial charge < -0.3 is 5.11 Å². The lowest BCUT2D eigenvalue weighted by Crippen LogP contribution is -2.16. The van der Waals surface area contributed by atoms with Crippen LogP contribution in [-0.2, 0) is 11.2 Å². The maximum absolute atomic E-state index is 11.2. The highest BCUT2D eigenvalue weighted by molar-refractivity contribution is 9.10. The van der Waals surface area contributed by atoms with Gasteiger partial charge in [-0.1, -0.05) is 40.2 Å². The van der Waals surface area contributed by atoms with E-state index in [1.807, 2.05) is 30.3 Å². The fourth-order valence-corrected chi connectivity index (χ4v) is 2.20. The third-order valence-electron chi connectivity index (χ3n) is 2.73. The standard InChI is InChI=1S/C14H17BrO2/c1-2-3-4-8-12(14(16)17)10-11-7-5-6-9-13(11)15/h2,5-7,9,12H,1,3-4,8,10H2,(H,16,17). The van der Waals surface area contributed by atoms with Crippen molar-refractivity contribution in [3.63, 3.8) is 0 Å². The first kappa shape index (κ1) is 14.0. The summed E-state index contributed by atoms with van der Waals surface area (Å²) >= 11 is 3.45. The van der Waals surface area contributed by atoms with Gasteiger partial charge in [0.2, 0.25) is 0 Å². The van der Waals surface area contributed by atoms with Gasteiger partial charge in [0, 0.05) is 4.47 Å². The predicted molar refractivity (Wildman–Crippen MR) is 73.0 cm³/mol. The molecule has 0 spiro atoms. The number of halogens is 1. The number of allylic oxidation sites excluding steroid dienone is 1. The maximum atomic E-state index is 11.2. The van der Waals surface area contributed by atoms with Crippen molar-refractivity contribution < 1.29 is 9.90 Å². The second-order valence-electron chi connectivity index (χ2n) is 4.05. The topological polar surface area (TPSA) is 37.3 Å². The van der Waals surface area contributed by atoms with Gasteiger partial charge in [0.25, 0.3) is 0 Å². The fourth-order valence-electron chi connectivity index (χ4n) is 1.75. The lowest BCUT2D eigenvalue weighted by atomic mass is 9.94. The quantitative estimate of drug-likeness (QED) is 0.609. The maximum Gasteiger partial charge on any atom is 0.306 e. The fraction of sp³-hybridized carbons (Fsp3) is 0.357. The first-order valence-electron chi connectivity index (χ1n) is 5.72. The van der Waals surface area contributed by atoms with Crippen LogP contribution in [0.15, 0.2) is 41.4 Å². The van der Waals surface area contributed by atoms with E-state index in [0.717, 1.165) is 22.9 Å². The first-order valence-corrected chi connectivity index (χ1v) is 6.51. The smallest absolute Gasteiger partial charge is 0.306 e. The van der Waals surface area contributed by atoms with Crippen LogP contribution < -0.4 is 0 Å². The number of hydrogen-bond donors (Lipinski definition) is 1. The normalized spacial score (nSPS) is 12.1. The van der Waals surface area contributed by atoms with Crippen molar-refractivity contribution in [1.29, 1.82) is 0 Å². The first-order chi connectivity index (χ1) is 8.15. The van der Waals surface area contributed by atoms with Crippen LogP contribution in [0, 0.1) is 5.92 Å². The largest absolute Gasteiger partial charge is 0.481 e. The van der Waals surface area contributed by atoms with Gasteiger partial charge in [-0.15, -0.1) is 6.58 Å².